The number of halogens is 2. The molecule has 0 saturated carbocycles. The van der Waals surface area contributed by atoms with Crippen LogP contribution in [0.4, 0.5) is 0 Å². The molecule has 0 aliphatic heterocycles. The van der Waals surface area contributed by atoms with Gasteiger partial charge in [-0.15, -0.1) is 0 Å². The number of benzene rings is 3. The Labute approximate surface area is 199 Å². The van der Waals surface area contributed by atoms with E-state index in [1.807, 2.05) is 0 Å². The van der Waals surface area contributed by atoms with Crippen LogP contribution in [0.5, 0.6) is 0 Å². The number of aromatic amines is 2. The molecule has 0 radical (unpaired) electrons. The Morgan fingerprint density at radius 1 is 0.559 bits per heavy atom. The van der Waals surface area contributed by atoms with Crippen LogP contribution < -0.4 is 10.9 Å². The molecule has 5 rings (SSSR count). The fraction of sp³-hybridized carbons (Fsp3) is 0. The second-order valence-corrected chi connectivity index (χ2v) is 11.1. The first-order valence-electron chi connectivity index (χ1n) is 9.19. The van der Waals surface area contributed by atoms with Gasteiger partial charge in [0, 0.05) is 21.5 Å². The van der Waals surface area contributed by atoms with Gasteiger partial charge in [0.25, 0.3) is 20.2 Å². The second kappa shape index (κ2) is 7.25. The highest BCUT2D eigenvalue weighted by Crippen LogP contribution is 2.29. The van der Waals surface area contributed by atoms with Gasteiger partial charge in [0.05, 0.1) is 32.1 Å². The third-order valence-electron chi connectivity index (χ3n) is 5.37. The highest BCUT2D eigenvalue weighted by molar-refractivity contribution is 7.86. The molecule has 34 heavy (non-hydrogen) atoms. The number of rotatable bonds is 2. The van der Waals surface area contributed by atoms with E-state index in [-0.39, 0.29) is 53.7 Å². The van der Waals surface area contributed by atoms with Crippen LogP contribution in [0.25, 0.3) is 43.6 Å². The molecule has 0 atom stereocenters. The molecule has 0 fully saturated rings. The molecule has 174 valence electrons. The van der Waals surface area contributed by atoms with Crippen molar-refractivity contribution in [3.63, 3.8) is 0 Å². The summed E-state index contributed by atoms with van der Waals surface area (Å²) in [6.07, 6.45) is 0. The third-order valence-corrected chi connectivity index (χ3v) is 8.01. The van der Waals surface area contributed by atoms with Gasteiger partial charge < -0.3 is 9.97 Å². The maximum absolute atomic E-state index is 13.1. The molecule has 0 saturated heterocycles. The summed E-state index contributed by atoms with van der Waals surface area (Å²) < 4.78 is 65.0. The third kappa shape index (κ3) is 3.47. The zero-order chi connectivity index (χ0) is 24.7. The highest BCUT2D eigenvalue weighted by Gasteiger charge is 2.20. The van der Waals surface area contributed by atoms with Crippen molar-refractivity contribution in [2.75, 3.05) is 0 Å². The number of fused-ring (bicyclic) bond motifs is 4. The minimum atomic E-state index is -4.68. The van der Waals surface area contributed by atoms with Gasteiger partial charge in [-0.05, 0) is 36.4 Å². The molecular formula is C20H10Cl2N2O8S2. The Kier molecular flexibility index (Phi) is 4.86. The quantitative estimate of drug-likeness (QED) is 0.194. The molecule has 3 aromatic carbocycles. The molecule has 0 unspecified atom stereocenters. The number of pyridine rings is 2. The summed E-state index contributed by atoms with van der Waals surface area (Å²) in [5.41, 5.74) is -0.427. The van der Waals surface area contributed by atoms with Crippen molar-refractivity contribution < 1.29 is 25.9 Å². The number of aromatic nitrogens is 2. The van der Waals surface area contributed by atoms with Crippen LogP contribution in [0.3, 0.4) is 0 Å². The predicted octanol–water partition coefficient (Wildman–Crippen LogP) is 3.48. The fourth-order valence-electron chi connectivity index (χ4n) is 3.85. The lowest BCUT2D eigenvalue weighted by molar-refractivity contribution is 0.481. The largest absolute Gasteiger partial charge is 0.354 e. The normalized spacial score (nSPS) is 12.8. The van der Waals surface area contributed by atoms with E-state index in [1.54, 1.807) is 0 Å². The Balaban J connectivity index is 1.92. The van der Waals surface area contributed by atoms with Crippen LogP contribution in [-0.4, -0.2) is 35.9 Å². The molecule has 4 N–H and O–H groups in total. The summed E-state index contributed by atoms with van der Waals surface area (Å²) in [6.45, 7) is 0. The minimum absolute atomic E-state index is 0.0622. The Morgan fingerprint density at radius 3 is 1.18 bits per heavy atom. The van der Waals surface area contributed by atoms with E-state index in [4.69, 9.17) is 23.2 Å². The first-order valence-corrected chi connectivity index (χ1v) is 12.8. The van der Waals surface area contributed by atoms with Crippen LogP contribution >= 0.6 is 23.2 Å². The summed E-state index contributed by atoms with van der Waals surface area (Å²) >= 11 is 11.9. The Bertz CT molecular complexity index is 1930. The molecule has 0 aliphatic carbocycles. The van der Waals surface area contributed by atoms with Crippen LogP contribution in [0.1, 0.15) is 0 Å². The van der Waals surface area contributed by atoms with Crippen molar-refractivity contribution in [2.45, 2.75) is 9.79 Å². The van der Waals surface area contributed by atoms with E-state index in [9.17, 15) is 35.5 Å². The second-order valence-electron chi connectivity index (χ2n) is 7.46. The van der Waals surface area contributed by atoms with Crippen molar-refractivity contribution in [1.29, 1.82) is 0 Å². The predicted molar refractivity (Wildman–Crippen MR) is 127 cm³/mol. The van der Waals surface area contributed by atoms with E-state index < -0.39 is 40.9 Å². The van der Waals surface area contributed by atoms with Crippen molar-refractivity contribution in [3.05, 3.63) is 66.9 Å². The summed E-state index contributed by atoms with van der Waals surface area (Å²) in [4.78, 5) is 30.8. The molecule has 0 amide bonds. The summed E-state index contributed by atoms with van der Waals surface area (Å²) in [6, 6.07) is 6.97. The Morgan fingerprint density at radius 2 is 0.853 bits per heavy atom. The number of H-pyrrole nitrogens is 2. The molecule has 10 nitrogen and oxygen atoms in total. The lowest BCUT2D eigenvalue weighted by Gasteiger charge is -2.09. The number of hydrogen-bond acceptors (Lipinski definition) is 6. The highest BCUT2D eigenvalue weighted by atomic mass is 35.5. The van der Waals surface area contributed by atoms with E-state index >= 15 is 0 Å². The summed E-state index contributed by atoms with van der Waals surface area (Å²) in [5.74, 6) is 0. The van der Waals surface area contributed by atoms with Gasteiger partial charge in [-0.2, -0.15) is 16.8 Å². The fourth-order valence-corrected chi connectivity index (χ4v) is 5.90. The average molecular weight is 541 g/mol. The van der Waals surface area contributed by atoms with Crippen LogP contribution in [-0.2, 0) is 20.2 Å². The standard InChI is InChI=1S/C20H10Cl2N2O8S2/c21-11-5-15-10(4-18(11)34(30,31)32)20(26)8-2-14-7(1-13(8)23-15)19(25)9-3-17(33(27,28)29)12(22)6-16(9)24-14/h1-6H,(H,23,26)(H,24,25)(H,27,28,29)(H,30,31,32). The zero-order valence-corrected chi connectivity index (χ0v) is 19.5. The molecule has 2 aromatic heterocycles. The van der Waals surface area contributed by atoms with Gasteiger partial charge in [-0.25, -0.2) is 0 Å². The van der Waals surface area contributed by atoms with Crippen molar-refractivity contribution in [1.82, 2.24) is 9.97 Å². The molecule has 0 bridgehead atoms. The van der Waals surface area contributed by atoms with Gasteiger partial charge in [0.2, 0.25) is 0 Å². The lowest BCUT2D eigenvalue weighted by Crippen LogP contribution is -2.10. The summed E-state index contributed by atoms with van der Waals surface area (Å²) in [5, 5.41) is -0.562. The molecule has 5 aromatic rings. The Hall–Kier alpha value is -3.00. The number of nitrogens with one attached hydrogen (secondary N) is 2. The van der Waals surface area contributed by atoms with Gasteiger partial charge in [0.15, 0.2) is 10.9 Å². The maximum atomic E-state index is 13.1. The van der Waals surface area contributed by atoms with E-state index in [1.165, 1.54) is 12.1 Å². The molecule has 0 aliphatic rings. The topological polar surface area (TPSA) is 174 Å². The average Bonchev–Trinajstić information content (AvgIpc) is 2.71. The summed E-state index contributed by atoms with van der Waals surface area (Å²) in [7, 11) is -9.37. The van der Waals surface area contributed by atoms with E-state index in [0.29, 0.717) is 0 Å². The monoisotopic (exact) mass is 540 g/mol. The van der Waals surface area contributed by atoms with Gasteiger partial charge in [0.1, 0.15) is 9.79 Å². The smallest absolute Gasteiger partial charge is 0.296 e. The lowest BCUT2D eigenvalue weighted by atomic mass is 10.1. The zero-order valence-electron chi connectivity index (χ0n) is 16.4. The maximum Gasteiger partial charge on any atom is 0.296 e. The van der Waals surface area contributed by atoms with E-state index in [2.05, 4.69) is 9.97 Å². The van der Waals surface area contributed by atoms with Gasteiger partial charge >= 0.3 is 0 Å². The molecule has 14 heteroatoms. The SMILES string of the molecule is O=c1c2cc(S(=O)(=O)O)c(Cl)cc2[nH]c2cc3c(=O)c4cc(S(=O)(=O)O)c(Cl)cc4[nH]c3cc12. The minimum Gasteiger partial charge on any atom is -0.354 e. The van der Waals surface area contributed by atoms with Gasteiger partial charge in [-0.1, -0.05) is 23.2 Å². The molecule has 2 heterocycles. The van der Waals surface area contributed by atoms with Crippen LogP contribution in [0.2, 0.25) is 10.0 Å². The first kappa shape index (κ1) is 22.8. The van der Waals surface area contributed by atoms with Crippen LogP contribution in [0, 0.1) is 0 Å². The van der Waals surface area contributed by atoms with Crippen molar-refractivity contribution >= 4 is 87.0 Å². The van der Waals surface area contributed by atoms with Gasteiger partial charge in [-0.3, -0.25) is 18.7 Å². The first-order chi connectivity index (χ1) is 15.8. The molecular weight excluding hydrogens is 531 g/mol. The number of hydrogen-bond donors (Lipinski definition) is 4. The van der Waals surface area contributed by atoms with Crippen molar-refractivity contribution in [3.8, 4) is 0 Å². The molecule has 0 spiro atoms. The van der Waals surface area contributed by atoms with Crippen molar-refractivity contribution in [2.24, 2.45) is 0 Å². The van der Waals surface area contributed by atoms with E-state index in [0.717, 1.165) is 24.3 Å². The van der Waals surface area contributed by atoms with Crippen LogP contribution in [0.15, 0.2) is 55.8 Å².